The third kappa shape index (κ3) is 7.23. The molecule has 17 heavy (non-hydrogen) atoms. The number of carbonyl (C=O) groups excluding carboxylic acids is 1. The summed E-state index contributed by atoms with van der Waals surface area (Å²) in [4.78, 5) is 21.5. The molecule has 0 aliphatic carbocycles. The van der Waals surface area contributed by atoms with Crippen molar-refractivity contribution >= 4 is 23.8 Å². The molecule has 1 aliphatic heterocycles. The lowest BCUT2D eigenvalue weighted by molar-refractivity contribution is -0.136. The van der Waals surface area contributed by atoms with E-state index in [2.05, 4.69) is 10.0 Å². The quantitative estimate of drug-likeness (QED) is 0.451. The number of carbonyl (C=O) groups is 2. The van der Waals surface area contributed by atoms with Crippen LogP contribution in [-0.4, -0.2) is 35.3 Å². The van der Waals surface area contributed by atoms with Crippen molar-refractivity contribution in [2.45, 2.75) is 43.8 Å². The molecule has 0 aromatic rings. The monoisotopic (exact) mass is 260 g/mol. The molecule has 1 saturated heterocycles. The first kappa shape index (κ1) is 14.3. The minimum Gasteiger partial charge on any atom is -0.481 e. The number of rotatable bonds is 8. The van der Waals surface area contributed by atoms with Gasteiger partial charge in [0.1, 0.15) is 0 Å². The predicted molar refractivity (Wildman–Crippen MR) is 67.7 cm³/mol. The Hall–Kier alpha value is -0.750. The van der Waals surface area contributed by atoms with Gasteiger partial charge >= 0.3 is 5.97 Å². The largest absolute Gasteiger partial charge is 0.481 e. The summed E-state index contributed by atoms with van der Waals surface area (Å²) in [6, 6.07) is 0. The SMILES string of the molecule is O=C(O)CCNC(=O)CCCCC1CCNS1. The van der Waals surface area contributed by atoms with Crippen LogP contribution in [-0.2, 0) is 9.59 Å². The first-order valence-electron chi connectivity index (χ1n) is 6.05. The topological polar surface area (TPSA) is 78.4 Å². The zero-order valence-corrected chi connectivity index (χ0v) is 10.7. The Morgan fingerprint density at radius 1 is 1.35 bits per heavy atom. The first-order chi connectivity index (χ1) is 8.18. The molecule has 3 N–H and O–H groups in total. The molecule has 0 radical (unpaired) electrons. The van der Waals surface area contributed by atoms with Gasteiger partial charge in [-0.3, -0.25) is 14.3 Å². The lowest BCUT2D eigenvalue weighted by Gasteiger charge is -2.07. The van der Waals surface area contributed by atoms with Crippen molar-refractivity contribution in [2.75, 3.05) is 13.1 Å². The second kappa shape index (κ2) is 8.36. The summed E-state index contributed by atoms with van der Waals surface area (Å²) in [6.45, 7) is 1.32. The average Bonchev–Trinajstić information content (AvgIpc) is 2.76. The zero-order chi connectivity index (χ0) is 12.5. The molecule has 1 amide bonds. The summed E-state index contributed by atoms with van der Waals surface area (Å²) in [5.41, 5.74) is 0. The fourth-order valence-electron chi connectivity index (χ4n) is 1.71. The van der Waals surface area contributed by atoms with Crippen molar-refractivity contribution in [2.24, 2.45) is 0 Å². The maximum absolute atomic E-state index is 11.3. The molecule has 0 saturated carbocycles. The number of unbranched alkanes of at least 4 members (excludes halogenated alkanes) is 1. The van der Waals surface area contributed by atoms with Crippen LogP contribution in [0.25, 0.3) is 0 Å². The summed E-state index contributed by atoms with van der Waals surface area (Å²) >= 11 is 1.80. The van der Waals surface area contributed by atoms with Crippen LogP contribution in [0.1, 0.15) is 38.5 Å². The van der Waals surface area contributed by atoms with E-state index in [1.807, 2.05) is 0 Å². The van der Waals surface area contributed by atoms with E-state index in [-0.39, 0.29) is 18.9 Å². The molecular formula is C11H20N2O3S. The molecule has 1 unspecified atom stereocenters. The van der Waals surface area contributed by atoms with Crippen LogP contribution in [0, 0.1) is 0 Å². The van der Waals surface area contributed by atoms with Gasteiger partial charge in [-0.05, 0) is 19.3 Å². The minimum atomic E-state index is -0.879. The fraction of sp³-hybridized carbons (Fsp3) is 0.818. The van der Waals surface area contributed by atoms with Gasteiger partial charge in [-0.2, -0.15) is 0 Å². The molecule has 0 aromatic heterocycles. The standard InChI is InChI=1S/C11H20N2O3S/c14-10(12-7-6-11(15)16)4-2-1-3-9-5-8-13-17-9/h9,13H,1-8H2,(H,12,14)(H,15,16). The van der Waals surface area contributed by atoms with E-state index in [0.717, 1.165) is 25.8 Å². The fourth-order valence-corrected chi connectivity index (χ4v) is 2.71. The highest BCUT2D eigenvalue weighted by Crippen LogP contribution is 2.22. The van der Waals surface area contributed by atoms with Gasteiger partial charge in [-0.25, -0.2) is 0 Å². The third-order valence-corrected chi connectivity index (χ3v) is 3.83. The van der Waals surface area contributed by atoms with E-state index in [9.17, 15) is 9.59 Å². The summed E-state index contributed by atoms with van der Waals surface area (Å²) < 4.78 is 3.24. The van der Waals surface area contributed by atoms with Crippen molar-refractivity contribution in [3.8, 4) is 0 Å². The molecule has 1 atom stereocenters. The van der Waals surface area contributed by atoms with Crippen LogP contribution in [0.15, 0.2) is 0 Å². The molecule has 6 heteroatoms. The third-order valence-electron chi connectivity index (χ3n) is 2.66. The molecule has 1 fully saturated rings. The highest BCUT2D eigenvalue weighted by Gasteiger charge is 2.14. The Kier molecular flexibility index (Phi) is 7.04. The summed E-state index contributed by atoms with van der Waals surface area (Å²) in [6.07, 6.45) is 4.82. The Bertz CT molecular complexity index is 255. The van der Waals surface area contributed by atoms with Crippen molar-refractivity contribution in [3.63, 3.8) is 0 Å². The van der Waals surface area contributed by atoms with E-state index in [4.69, 9.17) is 5.11 Å². The molecule has 0 bridgehead atoms. The van der Waals surface area contributed by atoms with Crippen LogP contribution < -0.4 is 10.0 Å². The van der Waals surface area contributed by atoms with Crippen LogP contribution in [0.3, 0.4) is 0 Å². The number of aliphatic carboxylic acids is 1. The zero-order valence-electron chi connectivity index (χ0n) is 9.91. The normalized spacial score (nSPS) is 19.2. The van der Waals surface area contributed by atoms with E-state index in [1.165, 1.54) is 6.42 Å². The molecular weight excluding hydrogens is 240 g/mol. The van der Waals surface area contributed by atoms with Crippen molar-refractivity contribution in [3.05, 3.63) is 0 Å². The maximum atomic E-state index is 11.3. The second-order valence-corrected chi connectivity index (χ2v) is 5.35. The molecule has 0 aromatic carbocycles. The van der Waals surface area contributed by atoms with Crippen LogP contribution in [0.5, 0.6) is 0 Å². The second-order valence-electron chi connectivity index (χ2n) is 4.16. The predicted octanol–water partition coefficient (Wildman–Crippen LogP) is 1.15. The molecule has 1 aliphatic rings. The van der Waals surface area contributed by atoms with Gasteiger partial charge in [-0.15, -0.1) is 0 Å². The van der Waals surface area contributed by atoms with E-state index >= 15 is 0 Å². The van der Waals surface area contributed by atoms with Gasteiger partial charge in [0.25, 0.3) is 0 Å². The van der Waals surface area contributed by atoms with Crippen molar-refractivity contribution in [1.82, 2.24) is 10.0 Å². The lowest BCUT2D eigenvalue weighted by Crippen LogP contribution is -2.25. The number of carboxylic acids is 1. The Balaban J connectivity index is 1.90. The number of hydrogen-bond acceptors (Lipinski definition) is 4. The number of hydrogen-bond donors (Lipinski definition) is 3. The molecule has 5 nitrogen and oxygen atoms in total. The lowest BCUT2D eigenvalue weighted by atomic mass is 10.1. The van der Waals surface area contributed by atoms with Gasteiger partial charge in [0.15, 0.2) is 0 Å². The highest BCUT2D eigenvalue weighted by molar-refractivity contribution is 7.98. The summed E-state index contributed by atoms with van der Waals surface area (Å²) in [5.74, 6) is -0.917. The van der Waals surface area contributed by atoms with E-state index in [1.54, 1.807) is 11.9 Å². The number of carboxylic acid groups (broad SMARTS) is 1. The summed E-state index contributed by atoms with van der Waals surface area (Å²) in [5, 5.41) is 11.7. The molecule has 1 rings (SSSR count). The van der Waals surface area contributed by atoms with E-state index < -0.39 is 5.97 Å². The Morgan fingerprint density at radius 3 is 2.82 bits per heavy atom. The van der Waals surface area contributed by atoms with E-state index in [0.29, 0.717) is 11.7 Å². The smallest absolute Gasteiger partial charge is 0.305 e. The van der Waals surface area contributed by atoms with Crippen LogP contribution in [0.4, 0.5) is 0 Å². The van der Waals surface area contributed by atoms with Gasteiger partial charge in [-0.1, -0.05) is 18.4 Å². The number of amides is 1. The minimum absolute atomic E-state index is 0.00385. The Labute approximate surface area is 106 Å². The highest BCUT2D eigenvalue weighted by atomic mass is 32.2. The molecule has 1 heterocycles. The van der Waals surface area contributed by atoms with Gasteiger partial charge in [0.2, 0.25) is 5.91 Å². The van der Waals surface area contributed by atoms with Crippen molar-refractivity contribution < 1.29 is 14.7 Å². The van der Waals surface area contributed by atoms with Crippen LogP contribution >= 0.6 is 11.9 Å². The first-order valence-corrected chi connectivity index (χ1v) is 6.93. The Morgan fingerprint density at radius 2 is 2.18 bits per heavy atom. The van der Waals surface area contributed by atoms with Gasteiger partial charge < -0.3 is 10.4 Å². The summed E-state index contributed by atoms with van der Waals surface area (Å²) in [7, 11) is 0. The van der Waals surface area contributed by atoms with Gasteiger partial charge in [0.05, 0.1) is 6.42 Å². The van der Waals surface area contributed by atoms with Crippen molar-refractivity contribution in [1.29, 1.82) is 0 Å². The van der Waals surface area contributed by atoms with Crippen LogP contribution in [0.2, 0.25) is 0 Å². The molecule has 0 spiro atoms. The molecule has 98 valence electrons. The average molecular weight is 260 g/mol. The maximum Gasteiger partial charge on any atom is 0.305 e. The number of nitrogens with one attached hydrogen (secondary N) is 2. The van der Waals surface area contributed by atoms with Gasteiger partial charge in [0, 0.05) is 24.8 Å².